The van der Waals surface area contributed by atoms with E-state index in [0.29, 0.717) is 10.6 Å². The van der Waals surface area contributed by atoms with Crippen LogP contribution < -0.4 is 0 Å². The summed E-state index contributed by atoms with van der Waals surface area (Å²) >= 11 is 5.97. The third-order valence-corrected chi connectivity index (χ3v) is 3.91. The quantitative estimate of drug-likeness (QED) is 0.593. The Hall–Kier alpha value is -2.38. The number of benzene rings is 3. The fourth-order valence-corrected chi connectivity index (χ4v) is 2.69. The molecule has 0 bridgehead atoms. The summed E-state index contributed by atoms with van der Waals surface area (Å²) < 4.78 is 0. The van der Waals surface area contributed by atoms with Crippen molar-refractivity contribution in [1.82, 2.24) is 0 Å². The zero-order valence-electron chi connectivity index (χ0n) is 11.9. The van der Waals surface area contributed by atoms with Crippen molar-refractivity contribution in [2.75, 3.05) is 0 Å². The molecule has 0 saturated carbocycles. The molecule has 0 N–H and O–H groups in total. The first-order chi connectivity index (χ1) is 10.8. The van der Waals surface area contributed by atoms with E-state index in [9.17, 15) is 4.79 Å². The Kier molecular flexibility index (Phi) is 4.36. The second kappa shape index (κ2) is 6.59. The topological polar surface area (TPSA) is 17.1 Å². The predicted octanol–water partition coefficient (Wildman–Crippen LogP) is 5.35. The highest BCUT2D eigenvalue weighted by Crippen LogP contribution is 2.29. The van der Waals surface area contributed by atoms with Gasteiger partial charge in [-0.3, -0.25) is 4.79 Å². The molecule has 0 spiro atoms. The van der Waals surface area contributed by atoms with Gasteiger partial charge in [-0.05, 0) is 23.3 Å². The molecule has 2 heteroatoms. The van der Waals surface area contributed by atoms with E-state index in [1.54, 1.807) is 0 Å². The monoisotopic (exact) mass is 306 g/mol. The van der Waals surface area contributed by atoms with Gasteiger partial charge in [0.15, 0.2) is 5.78 Å². The van der Waals surface area contributed by atoms with Gasteiger partial charge in [0.05, 0.1) is 5.92 Å². The van der Waals surface area contributed by atoms with Crippen LogP contribution in [0.2, 0.25) is 5.02 Å². The Morgan fingerprint density at radius 2 is 1.18 bits per heavy atom. The third kappa shape index (κ3) is 3.10. The van der Waals surface area contributed by atoms with Gasteiger partial charge >= 0.3 is 0 Å². The highest BCUT2D eigenvalue weighted by molar-refractivity contribution is 6.30. The van der Waals surface area contributed by atoms with Crippen LogP contribution in [-0.2, 0) is 0 Å². The molecule has 0 amide bonds. The van der Waals surface area contributed by atoms with Crippen LogP contribution in [0.3, 0.4) is 0 Å². The molecule has 1 unspecified atom stereocenters. The zero-order valence-corrected chi connectivity index (χ0v) is 12.7. The van der Waals surface area contributed by atoms with Gasteiger partial charge in [0, 0.05) is 10.6 Å². The molecule has 0 fully saturated rings. The Bertz CT molecular complexity index is 749. The van der Waals surface area contributed by atoms with Crippen LogP contribution in [0.4, 0.5) is 0 Å². The normalized spacial score (nSPS) is 11.9. The van der Waals surface area contributed by atoms with Crippen LogP contribution in [0.1, 0.15) is 27.4 Å². The average Bonchev–Trinajstić information content (AvgIpc) is 2.58. The Labute approximate surface area is 135 Å². The lowest BCUT2D eigenvalue weighted by molar-refractivity contribution is 0.0974. The van der Waals surface area contributed by atoms with Gasteiger partial charge in [-0.15, -0.1) is 0 Å². The van der Waals surface area contributed by atoms with Crippen LogP contribution >= 0.6 is 11.6 Å². The Morgan fingerprint density at radius 1 is 0.682 bits per heavy atom. The molecule has 0 aliphatic heterocycles. The molecule has 1 nitrogen and oxygen atoms in total. The van der Waals surface area contributed by atoms with Crippen molar-refractivity contribution in [1.29, 1.82) is 0 Å². The van der Waals surface area contributed by atoms with Gasteiger partial charge in [0.1, 0.15) is 0 Å². The van der Waals surface area contributed by atoms with Gasteiger partial charge in [-0.1, -0.05) is 84.4 Å². The number of ketones is 1. The largest absolute Gasteiger partial charge is 0.293 e. The number of hydrogen-bond donors (Lipinski definition) is 0. The summed E-state index contributed by atoms with van der Waals surface area (Å²) in [6.07, 6.45) is 0. The summed E-state index contributed by atoms with van der Waals surface area (Å²) in [4.78, 5) is 13.0. The van der Waals surface area contributed by atoms with Gasteiger partial charge in [0.2, 0.25) is 0 Å². The minimum absolute atomic E-state index is 0.0918. The number of carbonyl (C=O) groups is 1. The first kappa shape index (κ1) is 14.6. The lowest BCUT2D eigenvalue weighted by atomic mass is 9.85. The molecular formula is C20H15ClO. The fraction of sp³-hybridized carbons (Fsp3) is 0.0500. The van der Waals surface area contributed by atoms with Crippen LogP contribution in [0.5, 0.6) is 0 Å². The Balaban J connectivity index is 2.07. The number of rotatable bonds is 4. The van der Waals surface area contributed by atoms with E-state index in [4.69, 9.17) is 11.6 Å². The standard InChI is InChI=1S/C20H15ClO/c21-18-13-11-16(12-14-18)19(15-7-3-1-4-8-15)20(22)17-9-5-2-6-10-17/h1-14,19H. The van der Waals surface area contributed by atoms with Gasteiger partial charge in [0.25, 0.3) is 0 Å². The molecule has 0 aliphatic rings. The second-order valence-corrected chi connectivity index (χ2v) is 5.56. The van der Waals surface area contributed by atoms with E-state index < -0.39 is 0 Å². The van der Waals surface area contributed by atoms with Crippen molar-refractivity contribution >= 4 is 17.4 Å². The molecule has 22 heavy (non-hydrogen) atoms. The molecule has 3 aromatic rings. The van der Waals surface area contributed by atoms with Crippen molar-refractivity contribution in [2.24, 2.45) is 0 Å². The summed E-state index contributed by atoms with van der Waals surface area (Å²) in [6.45, 7) is 0. The van der Waals surface area contributed by atoms with Crippen molar-refractivity contribution in [3.05, 3.63) is 107 Å². The molecule has 0 aliphatic carbocycles. The molecule has 0 heterocycles. The molecule has 3 rings (SSSR count). The molecule has 108 valence electrons. The summed E-state index contributed by atoms with van der Waals surface area (Å²) in [5.74, 6) is -0.227. The first-order valence-electron chi connectivity index (χ1n) is 7.15. The molecule has 0 saturated heterocycles. The van der Waals surface area contributed by atoms with E-state index in [2.05, 4.69) is 0 Å². The summed E-state index contributed by atoms with van der Waals surface area (Å²) in [7, 11) is 0. The Morgan fingerprint density at radius 3 is 1.77 bits per heavy atom. The number of carbonyl (C=O) groups excluding carboxylic acids is 1. The highest BCUT2D eigenvalue weighted by atomic mass is 35.5. The van der Waals surface area contributed by atoms with Crippen molar-refractivity contribution in [2.45, 2.75) is 5.92 Å². The highest BCUT2D eigenvalue weighted by Gasteiger charge is 2.23. The van der Waals surface area contributed by atoms with E-state index in [1.165, 1.54) is 0 Å². The van der Waals surface area contributed by atoms with E-state index >= 15 is 0 Å². The van der Waals surface area contributed by atoms with E-state index in [1.807, 2.05) is 84.9 Å². The number of Topliss-reactive ketones (excluding diaryl/α,β-unsaturated/α-hetero) is 1. The smallest absolute Gasteiger partial charge is 0.174 e. The van der Waals surface area contributed by atoms with Gasteiger partial charge < -0.3 is 0 Å². The van der Waals surface area contributed by atoms with Crippen molar-refractivity contribution in [3.63, 3.8) is 0 Å². The molecule has 0 radical (unpaired) electrons. The van der Waals surface area contributed by atoms with Gasteiger partial charge in [-0.2, -0.15) is 0 Å². The van der Waals surface area contributed by atoms with Crippen LogP contribution in [0, 0.1) is 0 Å². The molecule has 1 atom stereocenters. The van der Waals surface area contributed by atoms with Gasteiger partial charge in [-0.25, -0.2) is 0 Å². The van der Waals surface area contributed by atoms with Crippen molar-refractivity contribution in [3.8, 4) is 0 Å². The van der Waals surface area contributed by atoms with E-state index in [-0.39, 0.29) is 11.7 Å². The van der Waals surface area contributed by atoms with Crippen LogP contribution in [0.15, 0.2) is 84.9 Å². The average molecular weight is 307 g/mol. The first-order valence-corrected chi connectivity index (χ1v) is 7.53. The summed E-state index contributed by atoms with van der Waals surface area (Å²) in [6, 6.07) is 26.7. The maximum Gasteiger partial charge on any atom is 0.174 e. The number of halogens is 1. The summed E-state index contributed by atoms with van der Waals surface area (Å²) in [5, 5.41) is 0.669. The minimum Gasteiger partial charge on any atom is -0.293 e. The van der Waals surface area contributed by atoms with Crippen LogP contribution in [0.25, 0.3) is 0 Å². The third-order valence-electron chi connectivity index (χ3n) is 3.66. The minimum atomic E-state index is -0.319. The molecular weight excluding hydrogens is 292 g/mol. The second-order valence-electron chi connectivity index (χ2n) is 5.13. The lowest BCUT2D eigenvalue weighted by Gasteiger charge is -2.17. The lowest BCUT2D eigenvalue weighted by Crippen LogP contribution is -2.14. The fourth-order valence-electron chi connectivity index (χ4n) is 2.57. The number of hydrogen-bond acceptors (Lipinski definition) is 1. The maximum absolute atomic E-state index is 13.0. The van der Waals surface area contributed by atoms with E-state index in [0.717, 1.165) is 11.1 Å². The SMILES string of the molecule is O=C(c1ccccc1)C(c1ccccc1)c1ccc(Cl)cc1. The maximum atomic E-state index is 13.0. The predicted molar refractivity (Wildman–Crippen MR) is 90.5 cm³/mol. The van der Waals surface area contributed by atoms with Crippen molar-refractivity contribution < 1.29 is 4.79 Å². The zero-order chi connectivity index (χ0) is 15.4. The summed E-state index contributed by atoms with van der Waals surface area (Å²) in [5.41, 5.74) is 2.65. The molecule has 0 aromatic heterocycles. The van der Waals surface area contributed by atoms with Crippen LogP contribution in [-0.4, -0.2) is 5.78 Å². The molecule has 3 aromatic carbocycles.